The van der Waals surface area contributed by atoms with Crippen molar-refractivity contribution < 1.29 is 23.7 Å². The minimum absolute atomic E-state index is 0.00585. The summed E-state index contributed by atoms with van der Waals surface area (Å²) in [4.78, 5) is 52.3. The predicted molar refractivity (Wildman–Crippen MR) is 118 cm³/mol. The van der Waals surface area contributed by atoms with Gasteiger partial charge >= 0.3 is 0 Å². The fraction of sp³-hybridized carbons (Fsp3) is 0.0870. The third-order valence-corrected chi connectivity index (χ3v) is 6.26. The van der Waals surface area contributed by atoms with Crippen LogP contribution in [-0.2, 0) is 4.79 Å². The van der Waals surface area contributed by atoms with Gasteiger partial charge in [0.2, 0.25) is 0 Å². The molecule has 0 saturated carbocycles. The number of imide groups is 1. The Balaban J connectivity index is 1.63. The summed E-state index contributed by atoms with van der Waals surface area (Å²) in [6.07, 6.45) is 0. The largest absolute Gasteiger partial charge is 0.297 e. The molecule has 1 saturated heterocycles. The van der Waals surface area contributed by atoms with Gasteiger partial charge < -0.3 is 0 Å². The highest BCUT2D eigenvalue weighted by atomic mass is 79.9. The van der Waals surface area contributed by atoms with Crippen molar-refractivity contribution in [3.63, 3.8) is 0 Å². The summed E-state index contributed by atoms with van der Waals surface area (Å²) in [6.45, 7) is 0. The van der Waals surface area contributed by atoms with E-state index in [9.17, 15) is 28.9 Å². The van der Waals surface area contributed by atoms with Crippen LogP contribution in [0.3, 0.4) is 0 Å². The zero-order valence-corrected chi connectivity index (χ0v) is 18.2. The van der Waals surface area contributed by atoms with Crippen LogP contribution in [0.25, 0.3) is 0 Å². The highest BCUT2D eigenvalue weighted by Gasteiger charge is 2.58. The predicted octanol–water partition coefficient (Wildman–Crippen LogP) is 4.25. The number of anilines is 1. The number of β-lactam (4-membered cyclic amide) rings is 1. The van der Waals surface area contributed by atoms with Crippen LogP contribution in [0.2, 0.25) is 0 Å². The maximum atomic E-state index is 14.6. The number of amides is 3. The fourth-order valence-electron chi connectivity index (χ4n) is 4.35. The third-order valence-electron chi connectivity index (χ3n) is 5.77. The number of fused-ring (bicyclic) bond motifs is 1. The Hall–Kier alpha value is -3.92. The van der Waals surface area contributed by atoms with Crippen LogP contribution in [0.4, 0.5) is 15.8 Å². The van der Waals surface area contributed by atoms with Crippen molar-refractivity contribution in [1.82, 2.24) is 4.90 Å². The molecule has 0 N–H and O–H groups in total. The van der Waals surface area contributed by atoms with Crippen LogP contribution < -0.4 is 4.90 Å². The molecule has 1 fully saturated rings. The Kier molecular flexibility index (Phi) is 4.82. The van der Waals surface area contributed by atoms with E-state index < -0.39 is 46.2 Å². The molecule has 3 aromatic rings. The molecule has 0 unspecified atom stereocenters. The maximum absolute atomic E-state index is 14.6. The van der Waals surface area contributed by atoms with Gasteiger partial charge in [-0.2, -0.15) is 0 Å². The summed E-state index contributed by atoms with van der Waals surface area (Å²) in [6, 6.07) is 14.2. The van der Waals surface area contributed by atoms with Gasteiger partial charge in [-0.05, 0) is 35.9 Å². The monoisotopic (exact) mass is 509 g/mol. The Morgan fingerprint density at radius 3 is 2.30 bits per heavy atom. The van der Waals surface area contributed by atoms with E-state index in [1.165, 1.54) is 35.2 Å². The van der Waals surface area contributed by atoms with Crippen molar-refractivity contribution in [1.29, 1.82) is 0 Å². The van der Waals surface area contributed by atoms with Crippen LogP contribution in [0.1, 0.15) is 32.3 Å². The number of carbonyl (C=O) groups excluding carboxylic acids is 3. The second-order valence-corrected chi connectivity index (χ2v) is 8.46. The molecule has 0 bridgehead atoms. The molecule has 0 aliphatic carbocycles. The molecule has 0 spiro atoms. The number of para-hydroxylation sites is 1. The topological polar surface area (TPSA) is 101 Å². The van der Waals surface area contributed by atoms with Gasteiger partial charge in [0, 0.05) is 10.5 Å². The molecule has 33 heavy (non-hydrogen) atoms. The van der Waals surface area contributed by atoms with Crippen LogP contribution in [0.15, 0.2) is 71.2 Å². The van der Waals surface area contributed by atoms with E-state index in [0.717, 1.165) is 11.0 Å². The van der Waals surface area contributed by atoms with E-state index in [4.69, 9.17) is 0 Å². The number of halogens is 2. The summed E-state index contributed by atoms with van der Waals surface area (Å²) in [7, 11) is 0. The second kappa shape index (κ2) is 7.59. The normalized spacial score (nSPS) is 19.5. The number of benzene rings is 3. The Labute approximate surface area is 194 Å². The van der Waals surface area contributed by atoms with E-state index in [-0.39, 0.29) is 16.8 Å². The molecular weight excluding hydrogens is 497 g/mol. The van der Waals surface area contributed by atoms with Gasteiger partial charge in [-0.3, -0.25) is 34.3 Å². The van der Waals surface area contributed by atoms with Crippen molar-refractivity contribution >= 4 is 45.0 Å². The smallest absolute Gasteiger partial charge is 0.282 e. The van der Waals surface area contributed by atoms with Crippen molar-refractivity contribution in [3.05, 3.63) is 104 Å². The molecule has 2 atom stereocenters. The molecule has 10 heteroatoms. The lowest BCUT2D eigenvalue weighted by Crippen LogP contribution is -2.67. The van der Waals surface area contributed by atoms with E-state index in [0.29, 0.717) is 10.0 Å². The zero-order valence-electron chi connectivity index (χ0n) is 16.6. The van der Waals surface area contributed by atoms with E-state index in [2.05, 4.69) is 15.9 Å². The van der Waals surface area contributed by atoms with E-state index in [1.807, 2.05) is 0 Å². The standard InChI is InChI=1S/C23H13BrFN3O5/c24-13-6-3-5-12(11-13)19-20(23(31)26(19)16-9-2-1-8-15(16)25)27-21(29)14-7-4-10-17(28(32)33)18(14)22(27)30/h1-11,19-20H/t19-,20-/m0/s1. The lowest BCUT2D eigenvalue weighted by Gasteiger charge is -2.49. The molecule has 2 heterocycles. The number of rotatable bonds is 4. The number of hydrogen-bond acceptors (Lipinski definition) is 5. The highest BCUT2D eigenvalue weighted by Crippen LogP contribution is 2.46. The van der Waals surface area contributed by atoms with Crippen molar-refractivity contribution in [2.45, 2.75) is 12.1 Å². The van der Waals surface area contributed by atoms with Crippen molar-refractivity contribution in [2.24, 2.45) is 0 Å². The van der Waals surface area contributed by atoms with E-state index >= 15 is 0 Å². The zero-order chi connectivity index (χ0) is 23.4. The second-order valence-electron chi connectivity index (χ2n) is 7.54. The minimum atomic E-state index is -1.29. The van der Waals surface area contributed by atoms with Crippen molar-refractivity contribution in [3.8, 4) is 0 Å². The molecule has 3 aromatic carbocycles. The van der Waals surface area contributed by atoms with Gasteiger partial charge in [-0.25, -0.2) is 4.39 Å². The number of nitro benzene ring substituents is 1. The van der Waals surface area contributed by atoms with Gasteiger partial charge in [-0.1, -0.05) is 46.3 Å². The van der Waals surface area contributed by atoms with Crippen LogP contribution >= 0.6 is 15.9 Å². The van der Waals surface area contributed by atoms with Gasteiger partial charge in [-0.15, -0.1) is 0 Å². The van der Waals surface area contributed by atoms with Gasteiger partial charge in [0.25, 0.3) is 23.4 Å². The van der Waals surface area contributed by atoms with Gasteiger partial charge in [0.1, 0.15) is 17.4 Å². The fourth-order valence-corrected chi connectivity index (χ4v) is 4.77. The number of nitro groups is 1. The van der Waals surface area contributed by atoms with Gasteiger partial charge in [0.15, 0.2) is 0 Å². The average molecular weight is 510 g/mol. The highest BCUT2D eigenvalue weighted by molar-refractivity contribution is 9.10. The summed E-state index contributed by atoms with van der Waals surface area (Å²) >= 11 is 3.37. The Morgan fingerprint density at radius 1 is 0.879 bits per heavy atom. The first-order valence-electron chi connectivity index (χ1n) is 9.79. The van der Waals surface area contributed by atoms with E-state index in [1.54, 1.807) is 30.3 Å². The first-order chi connectivity index (χ1) is 15.8. The summed E-state index contributed by atoms with van der Waals surface area (Å²) in [5.41, 5.74) is -0.434. The Morgan fingerprint density at radius 2 is 1.61 bits per heavy atom. The molecule has 0 radical (unpaired) electrons. The molecule has 164 valence electrons. The first kappa shape index (κ1) is 21.0. The molecule has 3 amide bonds. The molecule has 5 rings (SSSR count). The summed E-state index contributed by atoms with van der Waals surface area (Å²) in [5.74, 6) is -3.02. The average Bonchev–Trinajstić information content (AvgIpc) is 3.04. The van der Waals surface area contributed by atoms with Crippen LogP contribution in [0, 0.1) is 15.9 Å². The minimum Gasteiger partial charge on any atom is -0.297 e. The Bertz CT molecular complexity index is 1380. The molecule has 2 aliphatic rings. The summed E-state index contributed by atoms with van der Waals surface area (Å²) in [5, 5.41) is 11.4. The van der Waals surface area contributed by atoms with Gasteiger partial charge in [0.05, 0.1) is 22.2 Å². The third kappa shape index (κ3) is 3.05. The number of nitrogens with zero attached hydrogens (tertiary/aromatic N) is 3. The SMILES string of the molecule is O=C1c2cccc([N+](=O)[O-])c2C(=O)N1[C@@H]1C(=O)N(c2ccccc2F)[C@H]1c1cccc(Br)c1. The molecule has 2 aliphatic heterocycles. The molecular formula is C23H13BrFN3O5. The van der Waals surface area contributed by atoms with Crippen molar-refractivity contribution in [2.75, 3.05) is 4.90 Å². The lowest BCUT2D eigenvalue weighted by molar-refractivity contribution is -0.385. The molecule has 0 aromatic heterocycles. The number of carbonyl (C=O) groups is 3. The molecule has 8 nitrogen and oxygen atoms in total. The van der Waals surface area contributed by atoms with Crippen LogP contribution in [-0.4, -0.2) is 33.6 Å². The lowest BCUT2D eigenvalue weighted by atomic mass is 9.86. The first-order valence-corrected chi connectivity index (χ1v) is 10.6. The maximum Gasteiger partial charge on any atom is 0.282 e. The summed E-state index contributed by atoms with van der Waals surface area (Å²) < 4.78 is 15.3. The number of hydrogen-bond donors (Lipinski definition) is 0. The van der Waals surface area contributed by atoms with Crippen LogP contribution in [0.5, 0.6) is 0 Å². The quantitative estimate of drug-likeness (QED) is 0.226.